The van der Waals surface area contributed by atoms with Crippen molar-refractivity contribution < 1.29 is 0 Å². The molecule has 0 bridgehead atoms. The maximum Gasteiger partial charge on any atom is 0.129 e. The number of fused-ring (bicyclic) bond motifs is 2. The van der Waals surface area contributed by atoms with Gasteiger partial charge < -0.3 is 10.6 Å². The maximum absolute atomic E-state index is 4.66. The molecule has 0 atom stereocenters. The van der Waals surface area contributed by atoms with E-state index in [0.717, 1.165) is 24.7 Å². The van der Waals surface area contributed by atoms with Crippen LogP contribution in [0.15, 0.2) is 24.3 Å². The average molecular weight is 367 g/mol. The Bertz CT molecular complexity index is 752. The Morgan fingerprint density at radius 2 is 1.15 bits per heavy atom. The third-order valence-electron chi connectivity index (χ3n) is 5.26. The predicted octanol–water partition coefficient (Wildman–Crippen LogP) is 5.52. The molecule has 0 unspecified atom stereocenters. The number of aryl methyl sites for hydroxylation is 2. The minimum absolute atomic E-state index is 0.519. The van der Waals surface area contributed by atoms with Crippen molar-refractivity contribution in [2.75, 3.05) is 23.7 Å². The van der Waals surface area contributed by atoms with Crippen molar-refractivity contribution in [3.05, 3.63) is 46.8 Å². The van der Waals surface area contributed by atoms with E-state index in [-0.39, 0.29) is 0 Å². The number of aromatic nitrogens is 2. The van der Waals surface area contributed by atoms with Crippen LogP contribution in [0.3, 0.4) is 0 Å². The van der Waals surface area contributed by atoms with Gasteiger partial charge in [-0.25, -0.2) is 9.97 Å². The zero-order valence-corrected chi connectivity index (χ0v) is 17.3. The van der Waals surface area contributed by atoms with Crippen LogP contribution in [0.1, 0.15) is 81.3 Å². The predicted molar refractivity (Wildman–Crippen MR) is 115 cm³/mol. The van der Waals surface area contributed by atoms with Gasteiger partial charge in [0.05, 0.1) is 0 Å². The molecule has 2 aliphatic heterocycles. The third kappa shape index (κ3) is 5.21. The molecule has 4 rings (SSSR count). The molecule has 0 saturated carbocycles. The molecule has 4 heterocycles. The first kappa shape index (κ1) is 19.7. The van der Waals surface area contributed by atoms with E-state index in [1.807, 2.05) is 0 Å². The Balaban J connectivity index is 0.000000156. The Morgan fingerprint density at radius 3 is 1.67 bits per heavy atom. The van der Waals surface area contributed by atoms with Crippen molar-refractivity contribution in [1.29, 1.82) is 0 Å². The summed E-state index contributed by atoms with van der Waals surface area (Å²) >= 11 is 0. The van der Waals surface area contributed by atoms with Crippen LogP contribution in [0.4, 0.5) is 11.6 Å². The minimum atomic E-state index is 0.519. The van der Waals surface area contributed by atoms with Gasteiger partial charge in [-0.3, -0.25) is 0 Å². The molecule has 0 amide bonds. The Labute approximate surface area is 164 Å². The summed E-state index contributed by atoms with van der Waals surface area (Å²) in [6.07, 6.45) is 6.12. The van der Waals surface area contributed by atoms with E-state index in [0.29, 0.717) is 11.8 Å². The quantitative estimate of drug-likeness (QED) is 0.735. The van der Waals surface area contributed by atoms with Crippen molar-refractivity contribution in [3.63, 3.8) is 0 Å². The van der Waals surface area contributed by atoms with Gasteiger partial charge in [-0.1, -0.05) is 39.8 Å². The second kappa shape index (κ2) is 9.20. The first-order valence-corrected chi connectivity index (χ1v) is 10.5. The topological polar surface area (TPSA) is 49.8 Å². The number of hydrogen-bond acceptors (Lipinski definition) is 4. The highest BCUT2D eigenvalue weighted by Gasteiger charge is 2.11. The van der Waals surface area contributed by atoms with Crippen LogP contribution in [0, 0.1) is 0 Å². The lowest BCUT2D eigenvalue weighted by Crippen LogP contribution is -2.14. The van der Waals surface area contributed by atoms with Gasteiger partial charge in [-0.05, 0) is 67.2 Å². The summed E-state index contributed by atoms with van der Waals surface area (Å²) in [4.78, 5) is 9.26. The summed E-state index contributed by atoms with van der Waals surface area (Å²) in [5.74, 6) is 3.27. The summed E-state index contributed by atoms with van der Waals surface area (Å²) in [6, 6.07) is 8.76. The summed E-state index contributed by atoms with van der Waals surface area (Å²) in [5.41, 5.74) is 5.13. The molecule has 2 aromatic heterocycles. The fourth-order valence-electron chi connectivity index (χ4n) is 3.49. The lowest BCUT2D eigenvalue weighted by molar-refractivity contribution is 0.783. The largest absolute Gasteiger partial charge is 0.370 e. The molecule has 2 N–H and O–H groups in total. The first-order chi connectivity index (χ1) is 13.0. The molecule has 0 radical (unpaired) electrons. The van der Waals surface area contributed by atoms with Gasteiger partial charge in [0.1, 0.15) is 11.6 Å². The molecule has 0 fully saturated rings. The molecule has 4 heteroatoms. The van der Waals surface area contributed by atoms with Gasteiger partial charge in [-0.15, -0.1) is 0 Å². The van der Waals surface area contributed by atoms with Crippen LogP contribution < -0.4 is 10.6 Å². The van der Waals surface area contributed by atoms with Gasteiger partial charge >= 0.3 is 0 Å². The first-order valence-electron chi connectivity index (χ1n) is 10.5. The Morgan fingerprint density at radius 1 is 0.667 bits per heavy atom. The third-order valence-corrected chi connectivity index (χ3v) is 5.26. The second-order valence-corrected chi connectivity index (χ2v) is 8.21. The Kier molecular flexibility index (Phi) is 6.70. The van der Waals surface area contributed by atoms with Gasteiger partial charge in [0.2, 0.25) is 0 Å². The van der Waals surface area contributed by atoms with Crippen molar-refractivity contribution in [1.82, 2.24) is 9.97 Å². The van der Waals surface area contributed by atoms with E-state index in [1.54, 1.807) is 0 Å². The Hall–Kier alpha value is -2.10. The van der Waals surface area contributed by atoms with Gasteiger partial charge in [-0.2, -0.15) is 0 Å². The second-order valence-electron chi connectivity index (χ2n) is 8.21. The fourth-order valence-corrected chi connectivity index (χ4v) is 3.49. The highest BCUT2D eigenvalue weighted by molar-refractivity contribution is 5.47. The summed E-state index contributed by atoms with van der Waals surface area (Å²) in [5, 5.41) is 6.76. The van der Waals surface area contributed by atoms with Crippen LogP contribution in [0.2, 0.25) is 0 Å². The average Bonchev–Trinajstić information content (AvgIpc) is 2.92. The molecule has 0 aliphatic carbocycles. The van der Waals surface area contributed by atoms with Crippen molar-refractivity contribution in [2.45, 2.75) is 71.6 Å². The zero-order chi connectivity index (χ0) is 19.2. The van der Waals surface area contributed by atoms with E-state index >= 15 is 0 Å². The van der Waals surface area contributed by atoms with E-state index in [9.17, 15) is 0 Å². The standard InChI is InChI=1S/C12H18N2.C11H16N2/c1-9(2)11-7-6-10-5-3-4-8-13-12(10)14-11;1-8(2)10-6-5-9-4-3-7-12-11(9)13-10/h6-7,9H,3-5,8H2,1-2H3,(H,13,14);5-6,8H,3-4,7H2,1-2H3,(H,12,13). The van der Waals surface area contributed by atoms with Crippen LogP contribution >= 0.6 is 0 Å². The molecule has 4 nitrogen and oxygen atoms in total. The lowest BCUT2D eigenvalue weighted by Gasteiger charge is -2.18. The van der Waals surface area contributed by atoms with Crippen molar-refractivity contribution >= 4 is 11.6 Å². The molecule has 0 saturated heterocycles. The zero-order valence-electron chi connectivity index (χ0n) is 17.3. The van der Waals surface area contributed by atoms with Crippen LogP contribution in [-0.4, -0.2) is 23.1 Å². The number of rotatable bonds is 2. The molecule has 2 aliphatic rings. The monoisotopic (exact) mass is 366 g/mol. The van der Waals surface area contributed by atoms with Crippen LogP contribution in [0.25, 0.3) is 0 Å². The van der Waals surface area contributed by atoms with Gasteiger partial charge in [0.15, 0.2) is 0 Å². The molecular formula is C23H34N4. The van der Waals surface area contributed by atoms with Gasteiger partial charge in [0, 0.05) is 24.5 Å². The van der Waals surface area contributed by atoms with Gasteiger partial charge in [0.25, 0.3) is 0 Å². The van der Waals surface area contributed by atoms with E-state index in [4.69, 9.17) is 0 Å². The van der Waals surface area contributed by atoms with E-state index in [2.05, 4.69) is 72.6 Å². The highest BCUT2D eigenvalue weighted by Crippen LogP contribution is 2.23. The highest BCUT2D eigenvalue weighted by atomic mass is 15.0. The molecule has 27 heavy (non-hydrogen) atoms. The minimum Gasteiger partial charge on any atom is -0.370 e. The van der Waals surface area contributed by atoms with Crippen molar-refractivity contribution in [3.8, 4) is 0 Å². The summed E-state index contributed by atoms with van der Waals surface area (Å²) in [6.45, 7) is 10.9. The lowest BCUT2D eigenvalue weighted by atomic mass is 10.0. The van der Waals surface area contributed by atoms with E-state index < -0.39 is 0 Å². The smallest absolute Gasteiger partial charge is 0.129 e. The van der Waals surface area contributed by atoms with E-state index in [1.165, 1.54) is 54.6 Å². The number of pyridine rings is 2. The number of nitrogens with one attached hydrogen (secondary N) is 2. The van der Waals surface area contributed by atoms with Crippen LogP contribution in [-0.2, 0) is 12.8 Å². The SMILES string of the molecule is CC(C)c1ccc2c(n1)NCCC2.CC(C)c1ccc2c(n1)NCCCC2. The summed E-state index contributed by atoms with van der Waals surface area (Å²) in [7, 11) is 0. The fraction of sp³-hybridized carbons (Fsp3) is 0.565. The van der Waals surface area contributed by atoms with Crippen LogP contribution in [0.5, 0.6) is 0 Å². The molecular weight excluding hydrogens is 332 g/mol. The molecule has 2 aromatic rings. The molecule has 0 aromatic carbocycles. The molecule has 146 valence electrons. The normalized spacial score (nSPS) is 15.6. The number of nitrogens with zero attached hydrogens (tertiary/aromatic N) is 2. The van der Waals surface area contributed by atoms with Crippen molar-refractivity contribution in [2.24, 2.45) is 0 Å². The summed E-state index contributed by atoms with van der Waals surface area (Å²) < 4.78 is 0. The number of anilines is 2. The molecule has 0 spiro atoms. The number of hydrogen-bond donors (Lipinski definition) is 2. The maximum atomic E-state index is 4.66.